The average molecular weight is 838 g/mol. The first-order valence-electron chi connectivity index (χ1n) is 21.5. The molecule has 0 bridgehead atoms. The van der Waals surface area contributed by atoms with Crippen molar-refractivity contribution >= 4 is 100 Å². The van der Waals surface area contributed by atoms with Crippen molar-refractivity contribution in [2.24, 2.45) is 0 Å². The van der Waals surface area contributed by atoms with Crippen molar-refractivity contribution in [2.45, 2.75) is 0 Å². The summed E-state index contributed by atoms with van der Waals surface area (Å²) >= 11 is 0. The molecule has 0 atom stereocenters. The SMILES string of the molecule is c1ccc(-c2ccc(N(c3ccc4c(c3)oc3ncccc34)c3ccc4c(c3)oc3cc(N(c5ccc(-c6ccccc6)cc5)c5ccc6c(c5)oc5ncccc56)cnc34)cc2)cc1. The van der Waals surface area contributed by atoms with Crippen LogP contribution in [0.5, 0.6) is 0 Å². The molecule has 6 aromatic heterocycles. The highest BCUT2D eigenvalue weighted by molar-refractivity contribution is 6.08. The molecule has 0 radical (unpaired) electrons. The molecule has 6 heterocycles. The summed E-state index contributed by atoms with van der Waals surface area (Å²) in [5, 5.41) is 4.91. The monoisotopic (exact) mass is 837 g/mol. The van der Waals surface area contributed by atoms with Gasteiger partial charge in [-0.25, -0.2) is 15.0 Å². The van der Waals surface area contributed by atoms with Crippen LogP contribution in [0.15, 0.2) is 226 Å². The van der Waals surface area contributed by atoms with Crippen LogP contribution in [-0.2, 0) is 0 Å². The smallest absolute Gasteiger partial charge is 0.227 e. The topological polar surface area (TPSA) is 84.6 Å². The van der Waals surface area contributed by atoms with Gasteiger partial charge in [0.1, 0.15) is 22.3 Å². The number of aromatic nitrogens is 3. The highest BCUT2D eigenvalue weighted by Gasteiger charge is 2.21. The van der Waals surface area contributed by atoms with E-state index in [-0.39, 0.29) is 0 Å². The Kier molecular flexibility index (Phi) is 8.35. The third kappa shape index (κ3) is 6.27. The second kappa shape index (κ2) is 14.8. The molecule has 0 saturated carbocycles. The van der Waals surface area contributed by atoms with Crippen LogP contribution in [0.1, 0.15) is 0 Å². The number of pyridine rings is 3. The Labute approximate surface area is 371 Å². The highest BCUT2D eigenvalue weighted by atomic mass is 16.3. The molecule has 0 N–H and O–H groups in total. The lowest BCUT2D eigenvalue weighted by molar-refractivity contribution is 0.653. The van der Waals surface area contributed by atoms with Crippen LogP contribution in [-0.4, -0.2) is 15.0 Å². The minimum atomic E-state index is 0.610. The van der Waals surface area contributed by atoms with E-state index in [2.05, 4.69) is 177 Å². The molecule has 0 aliphatic carbocycles. The fraction of sp³-hybridized carbons (Fsp3) is 0. The van der Waals surface area contributed by atoms with Gasteiger partial charge >= 0.3 is 0 Å². The summed E-state index contributed by atoms with van der Waals surface area (Å²) in [7, 11) is 0. The molecule has 13 rings (SSSR count). The van der Waals surface area contributed by atoms with Crippen LogP contribution in [0.2, 0.25) is 0 Å². The Morgan fingerprint density at radius 2 is 0.708 bits per heavy atom. The van der Waals surface area contributed by atoms with E-state index < -0.39 is 0 Å². The Bertz CT molecular complexity index is 3640. The van der Waals surface area contributed by atoms with Gasteiger partial charge in [-0.3, -0.25) is 0 Å². The molecule has 65 heavy (non-hydrogen) atoms. The van der Waals surface area contributed by atoms with E-state index in [9.17, 15) is 0 Å². The average Bonchev–Trinajstić information content (AvgIpc) is 4.05. The van der Waals surface area contributed by atoms with Crippen molar-refractivity contribution in [3.05, 3.63) is 213 Å². The third-order valence-corrected chi connectivity index (χ3v) is 12.2. The van der Waals surface area contributed by atoms with E-state index in [0.29, 0.717) is 17.0 Å². The summed E-state index contributed by atoms with van der Waals surface area (Å²) in [6.07, 6.45) is 5.43. The maximum absolute atomic E-state index is 6.78. The highest BCUT2D eigenvalue weighted by Crippen LogP contribution is 2.43. The van der Waals surface area contributed by atoms with Crippen LogP contribution >= 0.6 is 0 Å². The van der Waals surface area contributed by atoms with Gasteiger partial charge in [-0.15, -0.1) is 0 Å². The molecule has 0 aliphatic rings. The number of rotatable bonds is 8. The maximum atomic E-state index is 6.78. The number of fused-ring (bicyclic) bond motifs is 9. The molecule has 7 aromatic carbocycles. The first-order valence-corrected chi connectivity index (χ1v) is 21.5. The zero-order valence-electron chi connectivity index (χ0n) is 34.7. The Morgan fingerprint density at radius 3 is 1.22 bits per heavy atom. The number of furan rings is 3. The number of nitrogens with zero attached hydrogens (tertiary/aromatic N) is 5. The molecule has 0 aliphatic heterocycles. The predicted octanol–water partition coefficient (Wildman–Crippen LogP) is 15.8. The van der Waals surface area contributed by atoms with E-state index >= 15 is 0 Å². The van der Waals surface area contributed by atoms with Gasteiger partial charge in [0.05, 0.1) is 11.9 Å². The predicted molar refractivity (Wildman–Crippen MR) is 262 cm³/mol. The van der Waals surface area contributed by atoms with E-state index in [4.69, 9.17) is 18.2 Å². The van der Waals surface area contributed by atoms with Gasteiger partial charge < -0.3 is 23.1 Å². The van der Waals surface area contributed by atoms with Crippen LogP contribution in [0.25, 0.3) is 88.5 Å². The zero-order chi connectivity index (χ0) is 42.8. The molecule has 0 unspecified atom stereocenters. The molecule has 13 aromatic rings. The molecule has 0 saturated heterocycles. The minimum absolute atomic E-state index is 0.610. The second-order valence-electron chi connectivity index (χ2n) is 16.1. The van der Waals surface area contributed by atoms with Crippen molar-refractivity contribution in [3.63, 3.8) is 0 Å². The Balaban J connectivity index is 0.929. The van der Waals surface area contributed by atoms with Crippen LogP contribution < -0.4 is 9.80 Å². The summed E-state index contributed by atoms with van der Waals surface area (Å²) in [5.74, 6) is 0. The van der Waals surface area contributed by atoms with Crippen LogP contribution in [0.4, 0.5) is 34.1 Å². The van der Waals surface area contributed by atoms with Crippen LogP contribution in [0, 0.1) is 0 Å². The number of benzene rings is 7. The summed E-state index contributed by atoms with van der Waals surface area (Å²) in [5.41, 5.74) is 15.1. The van der Waals surface area contributed by atoms with Crippen molar-refractivity contribution in [1.82, 2.24) is 15.0 Å². The molecule has 8 heteroatoms. The maximum Gasteiger partial charge on any atom is 0.227 e. The molecule has 8 nitrogen and oxygen atoms in total. The number of hydrogen-bond donors (Lipinski definition) is 0. The minimum Gasteiger partial charge on any atom is -0.454 e. The molecular weight excluding hydrogens is 803 g/mol. The third-order valence-electron chi connectivity index (χ3n) is 12.2. The lowest BCUT2D eigenvalue weighted by Crippen LogP contribution is -2.10. The molecule has 306 valence electrons. The fourth-order valence-corrected chi connectivity index (χ4v) is 9.12. The Morgan fingerprint density at radius 1 is 0.292 bits per heavy atom. The van der Waals surface area contributed by atoms with Gasteiger partial charge in [-0.2, -0.15) is 0 Å². The standard InChI is InChI=1S/C57H35N5O3/c1-3-9-36(10-4-1)38-15-19-40(20-16-38)61(42-23-26-46-48-13-7-29-58-56(48)64-51(46)31-42)43-25-28-50-53(33-43)63-54-34-45(35-60-55(50)54)62(41-21-17-39(18-22-41)37-11-5-2-6-12-37)44-24-27-47-49-14-8-30-59-57(49)65-52(47)32-44/h1-35H. The lowest BCUT2D eigenvalue weighted by atomic mass is 10.0. The van der Waals surface area contributed by atoms with E-state index in [0.717, 1.165) is 106 Å². The number of hydrogen-bond acceptors (Lipinski definition) is 8. The zero-order valence-corrected chi connectivity index (χ0v) is 34.7. The van der Waals surface area contributed by atoms with Crippen molar-refractivity contribution < 1.29 is 13.3 Å². The summed E-state index contributed by atoms with van der Waals surface area (Å²) in [4.78, 5) is 18.5. The Hall–Kier alpha value is -9.01. The second-order valence-corrected chi connectivity index (χ2v) is 16.1. The van der Waals surface area contributed by atoms with Gasteiger partial charge in [0, 0.05) is 92.0 Å². The summed E-state index contributed by atoms with van der Waals surface area (Å²) < 4.78 is 19.3. The largest absolute Gasteiger partial charge is 0.454 e. The van der Waals surface area contributed by atoms with Gasteiger partial charge in [0.25, 0.3) is 0 Å². The normalized spacial score (nSPS) is 11.7. The van der Waals surface area contributed by atoms with E-state index in [1.165, 1.54) is 0 Å². The molecule has 0 amide bonds. The van der Waals surface area contributed by atoms with Gasteiger partial charge in [0.2, 0.25) is 11.4 Å². The van der Waals surface area contributed by atoms with Crippen molar-refractivity contribution in [1.29, 1.82) is 0 Å². The molecular formula is C57H35N5O3. The van der Waals surface area contributed by atoms with Crippen molar-refractivity contribution in [3.8, 4) is 22.3 Å². The number of anilines is 6. The van der Waals surface area contributed by atoms with Gasteiger partial charge in [0.15, 0.2) is 5.58 Å². The quantitative estimate of drug-likeness (QED) is 0.150. The molecule has 0 fully saturated rings. The first-order chi connectivity index (χ1) is 32.2. The van der Waals surface area contributed by atoms with E-state index in [1.54, 1.807) is 12.4 Å². The summed E-state index contributed by atoms with van der Waals surface area (Å²) in [6, 6.07) is 67.0. The fourth-order valence-electron chi connectivity index (χ4n) is 9.12. The van der Waals surface area contributed by atoms with Crippen LogP contribution in [0.3, 0.4) is 0 Å². The van der Waals surface area contributed by atoms with Gasteiger partial charge in [-0.05, 0) is 107 Å². The molecule has 0 spiro atoms. The van der Waals surface area contributed by atoms with Gasteiger partial charge in [-0.1, -0.05) is 84.9 Å². The summed E-state index contributed by atoms with van der Waals surface area (Å²) in [6.45, 7) is 0. The van der Waals surface area contributed by atoms with E-state index in [1.807, 2.05) is 42.6 Å². The lowest BCUT2D eigenvalue weighted by Gasteiger charge is -2.25. The van der Waals surface area contributed by atoms with Crippen molar-refractivity contribution in [2.75, 3.05) is 9.80 Å². The first kappa shape index (κ1) is 36.6.